The van der Waals surface area contributed by atoms with Gasteiger partial charge in [-0.2, -0.15) is 0 Å². The highest BCUT2D eigenvalue weighted by Gasteiger charge is 2.24. The van der Waals surface area contributed by atoms with Gasteiger partial charge in [0.25, 0.3) is 5.91 Å². The normalized spacial score (nSPS) is 18.7. The van der Waals surface area contributed by atoms with E-state index in [9.17, 15) is 4.79 Å². The Kier molecular flexibility index (Phi) is 6.36. The smallest absolute Gasteiger partial charge is 0.263 e. The molecule has 2 aromatic heterocycles. The Hall–Kier alpha value is -2.74. The molecule has 0 bridgehead atoms. The molecule has 0 spiro atoms. The number of aromatic nitrogens is 4. The molecule has 1 fully saturated rings. The molecule has 7 nitrogen and oxygen atoms in total. The molecule has 0 saturated heterocycles. The Labute approximate surface area is 186 Å². The van der Waals surface area contributed by atoms with Crippen molar-refractivity contribution in [2.45, 2.75) is 59.4 Å². The Balaban J connectivity index is 1.52. The summed E-state index contributed by atoms with van der Waals surface area (Å²) in [4.78, 5) is 18.2. The van der Waals surface area contributed by atoms with Crippen LogP contribution in [0.1, 0.15) is 60.6 Å². The lowest BCUT2D eigenvalue weighted by Crippen LogP contribution is -2.37. The molecule has 1 amide bonds. The van der Waals surface area contributed by atoms with Crippen LogP contribution in [-0.2, 0) is 0 Å². The lowest BCUT2D eigenvalue weighted by molar-refractivity contribution is 0.0926. The SMILES string of the molecule is CCOc1ccc(-n2nnc(-c3nc(C)c(C(=O)NC4CCC(C)CC4)s3)c2C)cc1. The number of benzene rings is 1. The predicted molar refractivity (Wildman–Crippen MR) is 122 cm³/mol. The van der Waals surface area contributed by atoms with Gasteiger partial charge in [0.1, 0.15) is 21.3 Å². The molecule has 0 atom stereocenters. The van der Waals surface area contributed by atoms with Crippen molar-refractivity contribution < 1.29 is 9.53 Å². The fraction of sp³-hybridized carbons (Fsp3) is 0.478. The minimum atomic E-state index is -0.0302. The van der Waals surface area contributed by atoms with Crippen LogP contribution in [0.5, 0.6) is 5.75 Å². The second-order valence-electron chi connectivity index (χ2n) is 8.23. The summed E-state index contributed by atoms with van der Waals surface area (Å²) >= 11 is 1.38. The fourth-order valence-corrected chi connectivity index (χ4v) is 4.99. The van der Waals surface area contributed by atoms with E-state index in [0.717, 1.165) is 46.6 Å². The number of thiazole rings is 1. The number of nitrogens with one attached hydrogen (secondary N) is 1. The summed E-state index contributed by atoms with van der Waals surface area (Å²) < 4.78 is 7.29. The Morgan fingerprint density at radius 2 is 1.90 bits per heavy atom. The number of aryl methyl sites for hydroxylation is 1. The molecule has 1 aromatic carbocycles. The minimum Gasteiger partial charge on any atom is -0.494 e. The number of nitrogens with zero attached hydrogens (tertiary/aromatic N) is 4. The van der Waals surface area contributed by atoms with Crippen molar-refractivity contribution in [3.8, 4) is 22.1 Å². The molecule has 1 aliphatic rings. The quantitative estimate of drug-likeness (QED) is 0.601. The Morgan fingerprint density at radius 3 is 2.58 bits per heavy atom. The molecule has 0 unspecified atom stereocenters. The van der Waals surface area contributed by atoms with E-state index in [0.29, 0.717) is 17.2 Å². The largest absolute Gasteiger partial charge is 0.494 e. The van der Waals surface area contributed by atoms with Gasteiger partial charge in [-0.1, -0.05) is 12.1 Å². The van der Waals surface area contributed by atoms with E-state index in [1.807, 2.05) is 45.0 Å². The van der Waals surface area contributed by atoms with Crippen LogP contribution in [0.2, 0.25) is 0 Å². The predicted octanol–water partition coefficient (Wildman–Crippen LogP) is 4.71. The van der Waals surface area contributed by atoms with E-state index in [-0.39, 0.29) is 11.9 Å². The maximum absolute atomic E-state index is 12.9. The lowest BCUT2D eigenvalue weighted by atomic mass is 9.87. The first kappa shape index (κ1) is 21.5. The molecular weight excluding hydrogens is 410 g/mol. The monoisotopic (exact) mass is 439 g/mol. The molecule has 164 valence electrons. The molecule has 3 aromatic rings. The Morgan fingerprint density at radius 1 is 1.19 bits per heavy atom. The van der Waals surface area contributed by atoms with Crippen molar-refractivity contribution in [3.05, 3.63) is 40.5 Å². The average molecular weight is 440 g/mol. The molecule has 0 aliphatic heterocycles. The van der Waals surface area contributed by atoms with Gasteiger partial charge in [-0.3, -0.25) is 4.79 Å². The molecule has 2 heterocycles. The van der Waals surface area contributed by atoms with Crippen LogP contribution in [0.3, 0.4) is 0 Å². The van der Waals surface area contributed by atoms with Gasteiger partial charge in [-0.05, 0) is 76.6 Å². The van der Waals surface area contributed by atoms with Crippen molar-refractivity contribution in [2.24, 2.45) is 5.92 Å². The number of hydrogen-bond donors (Lipinski definition) is 1. The topological polar surface area (TPSA) is 81.9 Å². The van der Waals surface area contributed by atoms with E-state index in [2.05, 4.69) is 27.5 Å². The number of carbonyl (C=O) groups is 1. The molecule has 4 rings (SSSR count). The molecule has 31 heavy (non-hydrogen) atoms. The van der Waals surface area contributed by atoms with Crippen LogP contribution >= 0.6 is 11.3 Å². The van der Waals surface area contributed by atoms with Crippen molar-refractivity contribution in [2.75, 3.05) is 6.61 Å². The van der Waals surface area contributed by atoms with Crippen molar-refractivity contribution >= 4 is 17.2 Å². The van der Waals surface area contributed by atoms with Crippen LogP contribution in [0.25, 0.3) is 16.4 Å². The molecular formula is C23H29N5O2S. The number of rotatable bonds is 6. The summed E-state index contributed by atoms with van der Waals surface area (Å²) in [5, 5.41) is 12.6. The summed E-state index contributed by atoms with van der Waals surface area (Å²) in [6.07, 6.45) is 4.44. The zero-order valence-electron chi connectivity index (χ0n) is 18.5. The number of amides is 1. The number of hydrogen-bond acceptors (Lipinski definition) is 6. The van der Waals surface area contributed by atoms with Gasteiger partial charge in [0.15, 0.2) is 0 Å². The van der Waals surface area contributed by atoms with Crippen molar-refractivity contribution in [3.63, 3.8) is 0 Å². The number of ether oxygens (including phenoxy) is 1. The molecule has 8 heteroatoms. The van der Waals surface area contributed by atoms with E-state index >= 15 is 0 Å². The van der Waals surface area contributed by atoms with Crippen LogP contribution < -0.4 is 10.1 Å². The first-order chi connectivity index (χ1) is 15.0. The first-order valence-electron chi connectivity index (χ1n) is 10.9. The molecule has 1 aliphatic carbocycles. The van der Waals surface area contributed by atoms with Gasteiger partial charge >= 0.3 is 0 Å². The van der Waals surface area contributed by atoms with Crippen molar-refractivity contribution in [1.29, 1.82) is 0 Å². The van der Waals surface area contributed by atoms with E-state index < -0.39 is 0 Å². The van der Waals surface area contributed by atoms with Gasteiger partial charge in [0, 0.05) is 6.04 Å². The van der Waals surface area contributed by atoms with Gasteiger partial charge in [-0.15, -0.1) is 16.4 Å². The van der Waals surface area contributed by atoms with Gasteiger partial charge in [-0.25, -0.2) is 9.67 Å². The Bertz CT molecular complexity index is 1050. The summed E-state index contributed by atoms with van der Waals surface area (Å²) in [7, 11) is 0. The van der Waals surface area contributed by atoms with E-state index in [1.165, 1.54) is 24.2 Å². The van der Waals surface area contributed by atoms with Crippen LogP contribution in [0, 0.1) is 19.8 Å². The lowest BCUT2D eigenvalue weighted by Gasteiger charge is -2.26. The summed E-state index contributed by atoms with van der Waals surface area (Å²) in [5.74, 6) is 1.55. The zero-order chi connectivity index (χ0) is 22.0. The fourth-order valence-electron chi connectivity index (χ4n) is 3.99. The standard InChI is InChI=1S/C23H29N5O2S/c1-5-30-19-12-10-18(11-13-19)28-16(4)20(26-27-28)23-24-15(3)21(31-23)22(29)25-17-8-6-14(2)7-9-17/h10-14,17H,5-9H2,1-4H3,(H,25,29). The van der Waals surface area contributed by atoms with Gasteiger partial charge < -0.3 is 10.1 Å². The van der Waals surface area contributed by atoms with Crippen LogP contribution in [-0.4, -0.2) is 38.5 Å². The van der Waals surface area contributed by atoms with E-state index in [4.69, 9.17) is 4.74 Å². The minimum absolute atomic E-state index is 0.0302. The molecule has 1 saturated carbocycles. The summed E-state index contributed by atoms with van der Waals surface area (Å²) in [5.41, 5.74) is 3.22. The first-order valence-corrected chi connectivity index (χ1v) is 11.7. The van der Waals surface area contributed by atoms with Gasteiger partial charge in [0.05, 0.1) is 23.7 Å². The molecule has 0 radical (unpaired) electrons. The summed E-state index contributed by atoms with van der Waals surface area (Å²) in [6.45, 7) is 8.71. The van der Waals surface area contributed by atoms with Gasteiger partial charge in [0.2, 0.25) is 0 Å². The second kappa shape index (κ2) is 9.18. The third-order valence-electron chi connectivity index (χ3n) is 5.84. The average Bonchev–Trinajstić information content (AvgIpc) is 3.33. The maximum atomic E-state index is 12.9. The highest BCUT2D eigenvalue weighted by atomic mass is 32.1. The van der Waals surface area contributed by atoms with Crippen LogP contribution in [0.4, 0.5) is 0 Å². The van der Waals surface area contributed by atoms with Crippen molar-refractivity contribution in [1.82, 2.24) is 25.3 Å². The third-order valence-corrected chi connectivity index (χ3v) is 7.01. The van der Waals surface area contributed by atoms with E-state index in [1.54, 1.807) is 4.68 Å². The second-order valence-corrected chi connectivity index (χ2v) is 9.23. The highest BCUT2D eigenvalue weighted by molar-refractivity contribution is 7.17. The highest BCUT2D eigenvalue weighted by Crippen LogP contribution is 2.30. The summed E-state index contributed by atoms with van der Waals surface area (Å²) in [6, 6.07) is 8.00. The zero-order valence-corrected chi connectivity index (χ0v) is 19.3. The third kappa shape index (κ3) is 4.63. The molecule has 1 N–H and O–H groups in total. The maximum Gasteiger partial charge on any atom is 0.263 e. The number of carbonyl (C=O) groups excluding carboxylic acids is 1. The van der Waals surface area contributed by atoms with Crippen LogP contribution in [0.15, 0.2) is 24.3 Å².